The van der Waals surface area contributed by atoms with Crippen molar-refractivity contribution in [3.8, 4) is 11.1 Å². The van der Waals surface area contributed by atoms with Crippen molar-refractivity contribution in [3.63, 3.8) is 0 Å². The van der Waals surface area contributed by atoms with Gasteiger partial charge in [0.2, 0.25) is 15.9 Å². The molecule has 2 fully saturated rings. The van der Waals surface area contributed by atoms with Gasteiger partial charge in [0.25, 0.3) is 0 Å². The molecule has 4 atom stereocenters. The Labute approximate surface area is 171 Å². The van der Waals surface area contributed by atoms with E-state index in [-0.39, 0.29) is 24.4 Å². The first-order chi connectivity index (χ1) is 13.8. The number of alkyl halides is 1. The minimum atomic E-state index is -3.41. The van der Waals surface area contributed by atoms with Gasteiger partial charge >= 0.3 is 0 Å². The second kappa shape index (κ2) is 7.88. The molecule has 29 heavy (non-hydrogen) atoms. The normalized spacial score (nSPS) is 26.5. The fourth-order valence-corrected chi connectivity index (χ4v) is 5.00. The number of halogens is 1. The molecule has 1 amide bonds. The topological polar surface area (TPSA) is 66.5 Å². The lowest BCUT2D eigenvalue weighted by Crippen LogP contribution is -2.48. The molecule has 0 radical (unpaired) electrons. The van der Waals surface area contributed by atoms with Crippen molar-refractivity contribution in [2.75, 3.05) is 12.8 Å². The highest BCUT2D eigenvalue weighted by Crippen LogP contribution is 2.38. The SMILES string of the molecule is CS(=O)(=O)N[C@H]1CCN(C(=O)[C@@H]2C[C@@H]2F)[C@H]1Cc1cccc(-c2ccccc2)c1. The molecule has 5 nitrogen and oxygen atoms in total. The number of carbonyl (C=O) groups is 1. The molecule has 1 N–H and O–H groups in total. The molecule has 1 saturated carbocycles. The van der Waals surface area contributed by atoms with Crippen LogP contribution in [0.3, 0.4) is 0 Å². The standard InChI is InChI=1S/C22H25FN2O3S/c1-29(27,28)24-20-10-11-25(22(26)18-14-19(18)23)21(20)13-15-6-5-9-17(12-15)16-7-3-2-4-8-16/h2-9,12,18-21,24H,10-11,13-14H2,1H3/t18-,19+,20+,21+/m1/s1. The van der Waals surface area contributed by atoms with E-state index in [1.807, 2.05) is 48.5 Å². The van der Waals surface area contributed by atoms with Gasteiger partial charge < -0.3 is 4.90 Å². The van der Waals surface area contributed by atoms with Crippen LogP contribution in [0.2, 0.25) is 0 Å². The van der Waals surface area contributed by atoms with Gasteiger partial charge in [-0.3, -0.25) is 4.79 Å². The molecule has 2 aromatic carbocycles. The molecule has 4 rings (SSSR count). The Hall–Kier alpha value is -2.25. The third kappa shape index (κ3) is 4.67. The van der Waals surface area contributed by atoms with Crippen molar-refractivity contribution in [2.45, 2.75) is 37.5 Å². The summed E-state index contributed by atoms with van der Waals surface area (Å²) in [5.74, 6) is -0.760. The van der Waals surface area contributed by atoms with E-state index in [9.17, 15) is 17.6 Å². The zero-order valence-electron chi connectivity index (χ0n) is 16.3. The van der Waals surface area contributed by atoms with Crippen molar-refractivity contribution >= 4 is 15.9 Å². The first-order valence-corrected chi connectivity index (χ1v) is 11.8. The van der Waals surface area contributed by atoms with Crippen LogP contribution in [0.5, 0.6) is 0 Å². The van der Waals surface area contributed by atoms with Crippen LogP contribution in [0, 0.1) is 5.92 Å². The lowest BCUT2D eigenvalue weighted by atomic mass is 9.97. The molecule has 0 spiro atoms. The third-order valence-electron chi connectivity index (χ3n) is 5.70. The quantitative estimate of drug-likeness (QED) is 0.788. The molecule has 0 bridgehead atoms. The predicted molar refractivity (Wildman–Crippen MR) is 110 cm³/mol. The van der Waals surface area contributed by atoms with E-state index in [4.69, 9.17) is 0 Å². The van der Waals surface area contributed by atoms with Gasteiger partial charge in [-0.1, -0.05) is 54.6 Å². The monoisotopic (exact) mass is 416 g/mol. The molecular weight excluding hydrogens is 391 g/mol. The van der Waals surface area contributed by atoms with Gasteiger partial charge in [0.1, 0.15) is 6.17 Å². The predicted octanol–water partition coefficient (Wildman–Crippen LogP) is 2.77. The van der Waals surface area contributed by atoms with E-state index in [0.29, 0.717) is 19.4 Å². The van der Waals surface area contributed by atoms with Crippen LogP contribution in [-0.2, 0) is 21.2 Å². The zero-order chi connectivity index (χ0) is 20.6. The van der Waals surface area contributed by atoms with Gasteiger partial charge in [-0.15, -0.1) is 0 Å². The minimum Gasteiger partial charge on any atom is -0.337 e. The van der Waals surface area contributed by atoms with Crippen LogP contribution in [-0.4, -0.2) is 50.3 Å². The number of carbonyl (C=O) groups excluding carboxylic acids is 1. The Morgan fingerprint density at radius 1 is 1.14 bits per heavy atom. The Kier molecular flexibility index (Phi) is 5.44. The summed E-state index contributed by atoms with van der Waals surface area (Å²) >= 11 is 0. The summed E-state index contributed by atoms with van der Waals surface area (Å²) in [6, 6.07) is 17.4. The van der Waals surface area contributed by atoms with Crippen molar-refractivity contribution in [2.24, 2.45) is 5.92 Å². The minimum absolute atomic E-state index is 0.195. The number of sulfonamides is 1. The maximum atomic E-state index is 13.5. The largest absolute Gasteiger partial charge is 0.337 e. The van der Waals surface area contributed by atoms with Crippen LogP contribution in [0.4, 0.5) is 4.39 Å². The van der Waals surface area contributed by atoms with Gasteiger partial charge in [-0.25, -0.2) is 17.5 Å². The molecule has 1 heterocycles. The van der Waals surface area contributed by atoms with E-state index < -0.39 is 22.1 Å². The average Bonchev–Trinajstić information content (AvgIpc) is 3.31. The van der Waals surface area contributed by atoms with E-state index in [1.165, 1.54) is 0 Å². The van der Waals surface area contributed by atoms with Gasteiger partial charge in [0.15, 0.2) is 0 Å². The van der Waals surface area contributed by atoms with Gasteiger partial charge in [0.05, 0.1) is 18.2 Å². The summed E-state index contributed by atoms with van der Waals surface area (Å²) in [5, 5.41) is 0. The van der Waals surface area contributed by atoms with Crippen LogP contribution >= 0.6 is 0 Å². The number of benzene rings is 2. The number of hydrogen-bond donors (Lipinski definition) is 1. The van der Waals surface area contributed by atoms with Crippen molar-refractivity contribution in [1.82, 2.24) is 9.62 Å². The molecule has 2 aliphatic rings. The van der Waals surface area contributed by atoms with Gasteiger partial charge in [0, 0.05) is 12.6 Å². The highest BCUT2D eigenvalue weighted by molar-refractivity contribution is 7.88. The smallest absolute Gasteiger partial charge is 0.229 e. The molecule has 1 aliphatic heterocycles. The zero-order valence-corrected chi connectivity index (χ0v) is 17.1. The number of hydrogen-bond acceptors (Lipinski definition) is 3. The van der Waals surface area contributed by atoms with Crippen molar-refractivity contribution < 1.29 is 17.6 Å². The average molecular weight is 417 g/mol. The highest BCUT2D eigenvalue weighted by atomic mass is 32.2. The van der Waals surface area contributed by atoms with Crippen molar-refractivity contribution in [1.29, 1.82) is 0 Å². The first-order valence-electron chi connectivity index (χ1n) is 9.88. The highest BCUT2D eigenvalue weighted by Gasteiger charge is 2.49. The number of nitrogens with zero attached hydrogens (tertiary/aromatic N) is 1. The van der Waals surface area contributed by atoms with Gasteiger partial charge in [-0.05, 0) is 36.0 Å². The second-order valence-corrected chi connectivity index (χ2v) is 9.79. The van der Waals surface area contributed by atoms with Gasteiger partial charge in [-0.2, -0.15) is 0 Å². The molecule has 154 valence electrons. The molecule has 1 saturated heterocycles. The lowest BCUT2D eigenvalue weighted by molar-refractivity contribution is -0.133. The number of nitrogens with one attached hydrogen (secondary N) is 1. The van der Waals surface area contributed by atoms with Crippen molar-refractivity contribution in [3.05, 3.63) is 60.2 Å². The second-order valence-electron chi connectivity index (χ2n) is 8.01. The Morgan fingerprint density at radius 3 is 2.48 bits per heavy atom. The molecule has 0 aromatic heterocycles. The molecule has 1 aliphatic carbocycles. The van der Waals surface area contributed by atoms with E-state index in [2.05, 4.69) is 10.8 Å². The molecule has 2 aromatic rings. The molecule has 7 heteroatoms. The van der Waals surface area contributed by atoms with E-state index in [0.717, 1.165) is 22.9 Å². The van der Waals surface area contributed by atoms with E-state index in [1.54, 1.807) is 4.90 Å². The number of rotatable bonds is 6. The lowest BCUT2D eigenvalue weighted by Gasteiger charge is -2.29. The summed E-state index contributed by atoms with van der Waals surface area (Å²) in [7, 11) is -3.41. The van der Waals surface area contributed by atoms with Crippen LogP contribution in [0.1, 0.15) is 18.4 Å². The fourth-order valence-electron chi connectivity index (χ4n) is 4.17. The summed E-state index contributed by atoms with van der Waals surface area (Å²) in [6.07, 6.45) is 1.39. The molecular formula is C22H25FN2O3S. The number of likely N-dealkylation sites (tertiary alicyclic amines) is 1. The summed E-state index contributed by atoms with van der Waals surface area (Å²) in [6.45, 7) is 0.443. The van der Waals surface area contributed by atoms with Crippen LogP contribution < -0.4 is 4.72 Å². The molecule has 0 unspecified atom stereocenters. The Bertz CT molecular complexity index is 996. The third-order valence-corrected chi connectivity index (χ3v) is 6.43. The Morgan fingerprint density at radius 2 is 1.83 bits per heavy atom. The summed E-state index contributed by atoms with van der Waals surface area (Å²) in [5.41, 5.74) is 3.18. The fraction of sp³-hybridized carbons (Fsp3) is 0.409. The number of amides is 1. The maximum absolute atomic E-state index is 13.5. The van der Waals surface area contributed by atoms with Crippen LogP contribution in [0.25, 0.3) is 11.1 Å². The summed E-state index contributed by atoms with van der Waals surface area (Å²) < 4.78 is 39.8. The summed E-state index contributed by atoms with van der Waals surface area (Å²) in [4.78, 5) is 14.4. The van der Waals surface area contributed by atoms with Crippen LogP contribution in [0.15, 0.2) is 54.6 Å². The van der Waals surface area contributed by atoms with E-state index >= 15 is 0 Å². The Balaban J connectivity index is 1.59. The first kappa shape index (κ1) is 20.0. The maximum Gasteiger partial charge on any atom is 0.229 e.